The summed E-state index contributed by atoms with van der Waals surface area (Å²) in [5.74, 6) is -0.727. The lowest BCUT2D eigenvalue weighted by atomic mass is 9.88. The van der Waals surface area contributed by atoms with Gasteiger partial charge < -0.3 is 9.47 Å². The molecule has 1 saturated heterocycles. The molecule has 0 aromatic carbocycles. The molecule has 3 atom stereocenters. The van der Waals surface area contributed by atoms with Crippen molar-refractivity contribution >= 4 is 11.9 Å². The average Bonchev–Trinajstić information content (AvgIpc) is 2.65. The zero-order chi connectivity index (χ0) is 20.6. The molecule has 0 radical (unpaired) electrons. The third kappa shape index (κ3) is 11.1. The number of rotatable bonds is 16. The lowest BCUT2D eigenvalue weighted by molar-refractivity contribution is -0.179. The van der Waals surface area contributed by atoms with E-state index in [0.717, 1.165) is 32.1 Å². The summed E-state index contributed by atoms with van der Waals surface area (Å²) < 4.78 is 11.2. The fraction of sp³-hybridized carbons (Fsp3) is 0.917. The summed E-state index contributed by atoms with van der Waals surface area (Å²) in [4.78, 5) is 24.0. The van der Waals surface area contributed by atoms with E-state index < -0.39 is 0 Å². The molecule has 0 bridgehead atoms. The van der Waals surface area contributed by atoms with Gasteiger partial charge in [-0.05, 0) is 19.3 Å². The smallest absolute Gasteiger partial charge is 0.312 e. The van der Waals surface area contributed by atoms with Gasteiger partial charge in [-0.25, -0.2) is 0 Å². The van der Waals surface area contributed by atoms with Gasteiger partial charge in [0.2, 0.25) is 0 Å². The molecule has 4 nitrogen and oxygen atoms in total. The molecular formula is C24H44O4. The number of hydrogen-bond acceptors (Lipinski definition) is 4. The van der Waals surface area contributed by atoms with Gasteiger partial charge in [0, 0.05) is 13.3 Å². The van der Waals surface area contributed by atoms with Crippen molar-refractivity contribution in [3.05, 3.63) is 0 Å². The van der Waals surface area contributed by atoms with Crippen LogP contribution in [0.1, 0.15) is 124 Å². The Hall–Kier alpha value is -1.06. The second-order valence-corrected chi connectivity index (χ2v) is 8.52. The number of ether oxygens (including phenoxy) is 2. The minimum absolute atomic E-state index is 0.0895. The topological polar surface area (TPSA) is 52.6 Å². The quantitative estimate of drug-likeness (QED) is 0.214. The van der Waals surface area contributed by atoms with Gasteiger partial charge in [0.15, 0.2) is 0 Å². The van der Waals surface area contributed by atoms with Gasteiger partial charge in [0.05, 0.1) is 5.92 Å². The molecule has 1 fully saturated rings. The van der Waals surface area contributed by atoms with E-state index in [0.29, 0.717) is 6.42 Å². The van der Waals surface area contributed by atoms with Crippen LogP contribution in [0.25, 0.3) is 0 Å². The Morgan fingerprint density at radius 3 is 1.93 bits per heavy atom. The van der Waals surface area contributed by atoms with Gasteiger partial charge in [-0.3, -0.25) is 9.59 Å². The van der Waals surface area contributed by atoms with Crippen molar-refractivity contribution < 1.29 is 19.1 Å². The fourth-order valence-corrected chi connectivity index (χ4v) is 4.17. The van der Waals surface area contributed by atoms with E-state index in [9.17, 15) is 9.59 Å². The van der Waals surface area contributed by atoms with Crippen LogP contribution in [0.3, 0.4) is 0 Å². The van der Waals surface area contributed by atoms with Crippen molar-refractivity contribution in [1.29, 1.82) is 0 Å². The first-order valence-corrected chi connectivity index (χ1v) is 12.0. The van der Waals surface area contributed by atoms with E-state index in [1.807, 2.05) is 0 Å². The summed E-state index contributed by atoms with van der Waals surface area (Å²) in [6.45, 7) is 5.86. The Bertz CT molecular complexity index is 421. The van der Waals surface area contributed by atoms with Crippen LogP contribution < -0.4 is 0 Å². The molecular weight excluding hydrogens is 352 g/mol. The molecule has 1 heterocycles. The third-order valence-electron chi connectivity index (χ3n) is 5.85. The second kappa shape index (κ2) is 15.8. The predicted octanol–water partition coefficient (Wildman–Crippen LogP) is 6.74. The van der Waals surface area contributed by atoms with Gasteiger partial charge in [-0.1, -0.05) is 90.9 Å². The number of carbonyl (C=O) groups excluding carboxylic acids is 2. The highest BCUT2D eigenvalue weighted by Crippen LogP contribution is 2.30. The van der Waals surface area contributed by atoms with Gasteiger partial charge in [0.25, 0.3) is 0 Å². The van der Waals surface area contributed by atoms with Gasteiger partial charge >= 0.3 is 11.9 Å². The minimum atomic E-state index is -0.302. The molecule has 0 spiro atoms. The molecule has 164 valence electrons. The first kappa shape index (κ1) is 25.0. The molecule has 0 aromatic heterocycles. The van der Waals surface area contributed by atoms with Crippen LogP contribution in [-0.4, -0.2) is 24.1 Å². The van der Waals surface area contributed by atoms with Crippen molar-refractivity contribution in [1.82, 2.24) is 0 Å². The zero-order valence-electron chi connectivity index (χ0n) is 18.7. The van der Waals surface area contributed by atoms with Crippen LogP contribution in [0.5, 0.6) is 0 Å². The third-order valence-corrected chi connectivity index (χ3v) is 5.85. The lowest BCUT2D eigenvalue weighted by Crippen LogP contribution is -2.43. The predicted molar refractivity (Wildman–Crippen MR) is 114 cm³/mol. The van der Waals surface area contributed by atoms with E-state index >= 15 is 0 Å². The molecule has 1 aliphatic rings. The Morgan fingerprint density at radius 2 is 1.36 bits per heavy atom. The Labute approximate surface area is 173 Å². The van der Waals surface area contributed by atoms with Crippen LogP contribution in [0.2, 0.25) is 0 Å². The fourth-order valence-electron chi connectivity index (χ4n) is 4.17. The van der Waals surface area contributed by atoms with Gasteiger partial charge in [0.1, 0.15) is 12.2 Å². The molecule has 0 unspecified atom stereocenters. The summed E-state index contributed by atoms with van der Waals surface area (Å²) in [6.07, 6.45) is 18.0. The molecule has 1 rings (SSSR count). The number of unbranched alkanes of at least 4 members (excludes halogenated alkanes) is 11. The largest absolute Gasteiger partial charge is 0.462 e. The van der Waals surface area contributed by atoms with Crippen LogP contribution in [0.4, 0.5) is 0 Å². The summed E-state index contributed by atoms with van der Waals surface area (Å²) in [6, 6.07) is 0. The van der Waals surface area contributed by atoms with E-state index in [1.54, 1.807) is 0 Å². The molecule has 0 amide bonds. The summed E-state index contributed by atoms with van der Waals surface area (Å²) in [7, 11) is 0. The van der Waals surface area contributed by atoms with Gasteiger partial charge in [-0.15, -0.1) is 0 Å². The van der Waals surface area contributed by atoms with Crippen molar-refractivity contribution in [3.63, 3.8) is 0 Å². The Morgan fingerprint density at radius 1 is 0.857 bits per heavy atom. The number of cyclic esters (lactones) is 1. The normalized spacial score (nSPS) is 22.1. The molecule has 4 heteroatoms. The summed E-state index contributed by atoms with van der Waals surface area (Å²) in [5, 5.41) is 0. The van der Waals surface area contributed by atoms with Crippen molar-refractivity contribution in [2.45, 2.75) is 136 Å². The van der Waals surface area contributed by atoms with Crippen molar-refractivity contribution in [3.8, 4) is 0 Å². The maximum atomic E-state index is 12.5. The van der Waals surface area contributed by atoms with Crippen LogP contribution in [0, 0.1) is 5.92 Å². The number of esters is 2. The second-order valence-electron chi connectivity index (χ2n) is 8.52. The van der Waals surface area contributed by atoms with Crippen LogP contribution >= 0.6 is 0 Å². The summed E-state index contributed by atoms with van der Waals surface area (Å²) in [5.41, 5.74) is 0. The zero-order valence-corrected chi connectivity index (χ0v) is 18.7. The van der Waals surface area contributed by atoms with E-state index in [1.165, 1.54) is 71.1 Å². The Balaban J connectivity index is 2.29. The highest BCUT2D eigenvalue weighted by Gasteiger charge is 2.39. The standard InChI is InChI=1S/C24H44O4/c1-4-6-8-10-11-12-13-14-15-17-21-19-23(27-20(3)25)22(24(26)28-21)18-16-9-7-5-2/h21-23H,4-19H2,1-3H3/t21-,22+,23+/m0/s1. The summed E-state index contributed by atoms with van der Waals surface area (Å²) >= 11 is 0. The lowest BCUT2D eigenvalue weighted by Gasteiger charge is -2.34. The molecule has 0 aliphatic carbocycles. The molecule has 0 saturated carbocycles. The first-order chi connectivity index (χ1) is 13.6. The van der Waals surface area contributed by atoms with E-state index in [4.69, 9.17) is 9.47 Å². The highest BCUT2D eigenvalue weighted by atomic mass is 16.6. The van der Waals surface area contributed by atoms with Crippen LogP contribution in [-0.2, 0) is 19.1 Å². The monoisotopic (exact) mass is 396 g/mol. The van der Waals surface area contributed by atoms with E-state index in [-0.39, 0.29) is 30.1 Å². The average molecular weight is 397 g/mol. The maximum absolute atomic E-state index is 12.5. The first-order valence-electron chi connectivity index (χ1n) is 12.0. The van der Waals surface area contributed by atoms with Gasteiger partial charge in [-0.2, -0.15) is 0 Å². The molecule has 1 aliphatic heterocycles. The number of hydrogen-bond donors (Lipinski definition) is 0. The highest BCUT2D eigenvalue weighted by molar-refractivity contribution is 5.75. The van der Waals surface area contributed by atoms with Crippen molar-refractivity contribution in [2.75, 3.05) is 0 Å². The molecule has 0 aromatic rings. The molecule has 0 N–H and O–H groups in total. The Kier molecular flexibility index (Phi) is 14.1. The van der Waals surface area contributed by atoms with E-state index in [2.05, 4.69) is 13.8 Å². The minimum Gasteiger partial charge on any atom is -0.462 e. The molecule has 28 heavy (non-hydrogen) atoms. The maximum Gasteiger partial charge on any atom is 0.312 e. The SMILES string of the molecule is CCCCCCCCCCC[C@H]1C[C@@H](OC(C)=O)[C@@H](CCCCCC)C(=O)O1. The van der Waals surface area contributed by atoms with Crippen LogP contribution in [0.15, 0.2) is 0 Å². The van der Waals surface area contributed by atoms with Crippen molar-refractivity contribution in [2.24, 2.45) is 5.92 Å². The number of carbonyl (C=O) groups is 2.